The first kappa shape index (κ1) is 15.5. The lowest BCUT2D eigenvalue weighted by Crippen LogP contribution is -2.23. The smallest absolute Gasteiger partial charge is 0.261 e. The van der Waals surface area contributed by atoms with Gasteiger partial charge >= 0.3 is 0 Å². The molecule has 0 radical (unpaired) electrons. The average molecular weight is 292 g/mol. The van der Waals surface area contributed by atoms with Gasteiger partial charge < -0.3 is 5.32 Å². The standard InChI is InChI=1S/C17H26NOP/c1-13-10-14(2)17(15(3)11-13)18-16(19)12-20(4)8-6-5-7-9-20/h10-11H,5-9,12H2,1-4H3/p+1. The van der Waals surface area contributed by atoms with Crippen molar-refractivity contribution in [1.82, 2.24) is 0 Å². The van der Waals surface area contributed by atoms with Gasteiger partial charge in [0.15, 0.2) is 0 Å². The van der Waals surface area contributed by atoms with Crippen molar-refractivity contribution in [3.63, 3.8) is 0 Å². The van der Waals surface area contributed by atoms with Crippen LogP contribution in [0.1, 0.15) is 36.0 Å². The first-order valence-electron chi connectivity index (χ1n) is 7.61. The van der Waals surface area contributed by atoms with Crippen molar-refractivity contribution in [3.8, 4) is 0 Å². The van der Waals surface area contributed by atoms with Gasteiger partial charge in [0, 0.05) is 19.6 Å². The van der Waals surface area contributed by atoms with Gasteiger partial charge in [0.05, 0.1) is 12.3 Å². The number of hydrogen-bond acceptors (Lipinski definition) is 1. The zero-order valence-electron chi connectivity index (χ0n) is 13.3. The molecule has 110 valence electrons. The third-order valence-corrected chi connectivity index (χ3v) is 8.21. The summed E-state index contributed by atoms with van der Waals surface area (Å²) in [5.41, 5.74) is 4.61. The number of carbonyl (C=O) groups is 1. The highest BCUT2D eigenvalue weighted by Crippen LogP contribution is 2.58. The highest BCUT2D eigenvalue weighted by Gasteiger charge is 2.36. The first-order valence-corrected chi connectivity index (χ1v) is 10.4. The third-order valence-electron chi connectivity index (χ3n) is 4.36. The van der Waals surface area contributed by atoms with Gasteiger partial charge in [0.25, 0.3) is 5.91 Å². The van der Waals surface area contributed by atoms with Crippen molar-refractivity contribution < 1.29 is 4.79 Å². The number of carbonyl (C=O) groups excluding carboxylic acids is 1. The van der Waals surface area contributed by atoms with Gasteiger partial charge in [0.2, 0.25) is 0 Å². The van der Waals surface area contributed by atoms with Crippen molar-refractivity contribution in [2.45, 2.75) is 40.0 Å². The van der Waals surface area contributed by atoms with Crippen molar-refractivity contribution >= 4 is 18.9 Å². The quantitative estimate of drug-likeness (QED) is 0.823. The van der Waals surface area contributed by atoms with Gasteiger partial charge in [-0.2, -0.15) is 0 Å². The maximum absolute atomic E-state index is 12.4. The summed E-state index contributed by atoms with van der Waals surface area (Å²) in [5, 5.41) is 3.17. The summed E-state index contributed by atoms with van der Waals surface area (Å²) in [7, 11) is -1.01. The van der Waals surface area contributed by atoms with E-state index >= 15 is 0 Å². The van der Waals surface area contributed by atoms with Crippen LogP contribution in [0.4, 0.5) is 5.69 Å². The largest absolute Gasteiger partial charge is 0.322 e. The molecule has 1 heterocycles. The molecule has 20 heavy (non-hydrogen) atoms. The predicted octanol–water partition coefficient (Wildman–Crippen LogP) is 4.38. The Kier molecular flexibility index (Phi) is 4.86. The number of hydrogen-bond donors (Lipinski definition) is 1. The molecule has 0 atom stereocenters. The minimum atomic E-state index is -1.01. The van der Waals surface area contributed by atoms with Crippen molar-refractivity contribution in [1.29, 1.82) is 0 Å². The number of benzene rings is 1. The molecule has 0 bridgehead atoms. The van der Waals surface area contributed by atoms with E-state index in [1.807, 2.05) is 0 Å². The minimum Gasteiger partial charge on any atom is -0.322 e. The maximum Gasteiger partial charge on any atom is 0.261 e. The Bertz CT molecular complexity index is 481. The van der Waals surface area contributed by atoms with Crippen molar-refractivity contribution in [2.24, 2.45) is 0 Å². The zero-order valence-corrected chi connectivity index (χ0v) is 14.1. The summed E-state index contributed by atoms with van der Waals surface area (Å²) in [5.74, 6) is 0.220. The number of anilines is 1. The van der Waals surface area contributed by atoms with Gasteiger partial charge in [-0.3, -0.25) is 4.79 Å². The van der Waals surface area contributed by atoms with E-state index < -0.39 is 7.26 Å². The molecule has 0 unspecified atom stereocenters. The fraction of sp³-hybridized carbons (Fsp3) is 0.588. The molecule has 2 rings (SSSR count). The topological polar surface area (TPSA) is 29.1 Å². The molecule has 1 aromatic rings. The van der Waals surface area contributed by atoms with Gasteiger partial charge in [-0.1, -0.05) is 17.7 Å². The molecular weight excluding hydrogens is 265 g/mol. The summed E-state index contributed by atoms with van der Waals surface area (Å²) in [4.78, 5) is 12.4. The number of amides is 1. The third kappa shape index (κ3) is 3.82. The number of rotatable bonds is 3. The van der Waals surface area contributed by atoms with E-state index in [0.29, 0.717) is 0 Å². The maximum atomic E-state index is 12.4. The fourth-order valence-electron chi connectivity index (χ4n) is 3.34. The van der Waals surface area contributed by atoms with Crippen LogP contribution in [0.15, 0.2) is 12.1 Å². The normalized spacial score (nSPS) is 17.8. The minimum absolute atomic E-state index is 0.220. The van der Waals surface area contributed by atoms with Crippen LogP contribution >= 0.6 is 7.26 Å². The molecule has 0 saturated carbocycles. The molecule has 1 aliphatic rings. The van der Waals surface area contributed by atoms with Crippen LogP contribution in [-0.4, -0.2) is 31.1 Å². The summed E-state index contributed by atoms with van der Waals surface area (Å²) in [6.07, 6.45) is 7.35. The van der Waals surface area contributed by atoms with E-state index in [-0.39, 0.29) is 5.91 Å². The summed E-state index contributed by atoms with van der Waals surface area (Å²) in [6, 6.07) is 4.28. The van der Waals surface area contributed by atoms with Crippen LogP contribution in [0.5, 0.6) is 0 Å². The highest BCUT2D eigenvalue weighted by atomic mass is 31.2. The molecule has 1 amide bonds. The van der Waals surface area contributed by atoms with Crippen LogP contribution in [0, 0.1) is 20.8 Å². The molecular formula is C17H27NOP+. The monoisotopic (exact) mass is 292 g/mol. The van der Waals surface area contributed by atoms with E-state index in [1.165, 1.54) is 48.3 Å². The molecule has 2 nitrogen and oxygen atoms in total. The second-order valence-corrected chi connectivity index (χ2v) is 11.1. The Morgan fingerprint density at radius 2 is 1.65 bits per heavy atom. The lowest BCUT2D eigenvalue weighted by molar-refractivity contribution is -0.113. The second-order valence-electron chi connectivity index (χ2n) is 6.61. The SMILES string of the molecule is Cc1cc(C)c(NC(=O)C[P+]2(C)CCCCC2)c(C)c1. The van der Waals surface area contributed by atoms with Crippen molar-refractivity contribution in [3.05, 3.63) is 28.8 Å². The Balaban J connectivity index is 2.05. The van der Waals surface area contributed by atoms with E-state index in [2.05, 4.69) is 44.9 Å². The van der Waals surface area contributed by atoms with Gasteiger partial charge in [-0.15, -0.1) is 0 Å². The van der Waals surface area contributed by atoms with E-state index in [0.717, 1.165) is 11.8 Å². The molecule has 0 aliphatic carbocycles. The Morgan fingerprint density at radius 1 is 1.10 bits per heavy atom. The van der Waals surface area contributed by atoms with E-state index in [1.54, 1.807) is 0 Å². The van der Waals surface area contributed by atoms with Crippen LogP contribution in [0.25, 0.3) is 0 Å². The predicted molar refractivity (Wildman–Crippen MR) is 90.6 cm³/mol. The molecule has 0 spiro atoms. The molecule has 1 aromatic carbocycles. The summed E-state index contributed by atoms with van der Waals surface area (Å²) < 4.78 is 0. The molecule has 1 aliphatic heterocycles. The summed E-state index contributed by atoms with van der Waals surface area (Å²) >= 11 is 0. The lowest BCUT2D eigenvalue weighted by atomic mass is 10.1. The van der Waals surface area contributed by atoms with Crippen molar-refractivity contribution in [2.75, 3.05) is 30.5 Å². The Labute approximate surface area is 123 Å². The van der Waals surface area contributed by atoms with Gasteiger partial charge in [0.1, 0.15) is 6.16 Å². The van der Waals surface area contributed by atoms with Crippen LogP contribution in [0.2, 0.25) is 0 Å². The van der Waals surface area contributed by atoms with Gasteiger partial charge in [-0.25, -0.2) is 0 Å². The van der Waals surface area contributed by atoms with Crippen LogP contribution < -0.4 is 5.32 Å². The molecule has 1 N–H and O–H groups in total. The van der Waals surface area contributed by atoms with E-state index in [4.69, 9.17) is 0 Å². The first-order chi connectivity index (χ1) is 9.39. The Hall–Kier alpha value is -0.880. The lowest BCUT2D eigenvalue weighted by Gasteiger charge is -2.26. The summed E-state index contributed by atoms with van der Waals surface area (Å²) in [6.45, 7) is 8.63. The highest BCUT2D eigenvalue weighted by molar-refractivity contribution is 7.76. The Morgan fingerprint density at radius 3 is 2.20 bits per heavy atom. The molecule has 1 saturated heterocycles. The van der Waals surface area contributed by atoms with Crippen LogP contribution in [-0.2, 0) is 4.79 Å². The molecule has 1 fully saturated rings. The number of aryl methyl sites for hydroxylation is 3. The zero-order chi connectivity index (χ0) is 14.8. The fourth-order valence-corrected chi connectivity index (χ4v) is 6.62. The van der Waals surface area contributed by atoms with Crippen LogP contribution in [0.3, 0.4) is 0 Å². The average Bonchev–Trinajstić information content (AvgIpc) is 2.34. The van der Waals surface area contributed by atoms with E-state index in [9.17, 15) is 4.79 Å². The van der Waals surface area contributed by atoms with Gasteiger partial charge in [-0.05, 0) is 51.2 Å². The number of nitrogens with one attached hydrogen (secondary N) is 1. The molecule has 3 heteroatoms. The second kappa shape index (κ2) is 6.26. The molecule has 0 aromatic heterocycles.